The molecule has 15 heavy (non-hydrogen) atoms. The van der Waals surface area contributed by atoms with Crippen molar-refractivity contribution in [1.29, 1.82) is 5.26 Å². The van der Waals surface area contributed by atoms with Gasteiger partial charge in [0.25, 0.3) is 0 Å². The molecule has 0 atom stereocenters. The van der Waals surface area contributed by atoms with Crippen molar-refractivity contribution in [2.45, 2.75) is 20.3 Å². The van der Waals surface area contributed by atoms with Gasteiger partial charge < -0.3 is 4.90 Å². The van der Waals surface area contributed by atoms with Crippen LogP contribution >= 0.6 is 15.9 Å². The van der Waals surface area contributed by atoms with Gasteiger partial charge in [-0.3, -0.25) is 0 Å². The number of aryl methyl sites for hydroxylation is 1. The molecule has 1 aromatic rings. The number of rotatable bonds is 4. The standard InChI is InChI=1S/C10H13BrN4/c1-3-15(6-4-5-12)10-7-9(11)13-8(2)14-10/h7H,3-4,6H2,1-2H3. The van der Waals surface area contributed by atoms with Gasteiger partial charge in [0, 0.05) is 19.2 Å². The number of anilines is 1. The van der Waals surface area contributed by atoms with Crippen molar-refractivity contribution in [3.8, 4) is 6.07 Å². The van der Waals surface area contributed by atoms with E-state index in [4.69, 9.17) is 5.26 Å². The third-order valence-corrected chi connectivity index (χ3v) is 2.40. The summed E-state index contributed by atoms with van der Waals surface area (Å²) in [5.74, 6) is 1.60. The summed E-state index contributed by atoms with van der Waals surface area (Å²) < 4.78 is 0.778. The SMILES string of the molecule is CCN(CCC#N)c1cc(Br)nc(C)n1. The smallest absolute Gasteiger partial charge is 0.133 e. The molecule has 0 bridgehead atoms. The second-order valence-electron chi connectivity index (χ2n) is 3.08. The van der Waals surface area contributed by atoms with E-state index in [0.717, 1.165) is 22.8 Å². The zero-order valence-corrected chi connectivity index (χ0v) is 10.5. The highest BCUT2D eigenvalue weighted by molar-refractivity contribution is 9.10. The van der Waals surface area contributed by atoms with Gasteiger partial charge in [0.2, 0.25) is 0 Å². The van der Waals surface area contributed by atoms with Crippen molar-refractivity contribution >= 4 is 21.7 Å². The Morgan fingerprint density at radius 2 is 2.27 bits per heavy atom. The highest BCUT2D eigenvalue weighted by Crippen LogP contribution is 2.16. The Morgan fingerprint density at radius 1 is 1.53 bits per heavy atom. The third kappa shape index (κ3) is 3.48. The molecule has 0 aliphatic heterocycles. The summed E-state index contributed by atoms with van der Waals surface area (Å²) in [7, 11) is 0. The second-order valence-corrected chi connectivity index (χ2v) is 3.90. The number of halogens is 1. The third-order valence-electron chi connectivity index (χ3n) is 1.99. The van der Waals surface area contributed by atoms with E-state index in [9.17, 15) is 0 Å². The van der Waals surface area contributed by atoms with E-state index in [1.165, 1.54) is 0 Å². The lowest BCUT2D eigenvalue weighted by Crippen LogP contribution is -2.25. The van der Waals surface area contributed by atoms with Crippen LogP contribution < -0.4 is 4.90 Å². The molecule has 4 nitrogen and oxygen atoms in total. The largest absolute Gasteiger partial charge is 0.356 e. The first-order chi connectivity index (χ1) is 7.17. The van der Waals surface area contributed by atoms with Crippen LogP contribution in [-0.2, 0) is 0 Å². The Labute approximate surface area is 98.1 Å². The highest BCUT2D eigenvalue weighted by atomic mass is 79.9. The maximum absolute atomic E-state index is 8.55. The molecule has 0 N–H and O–H groups in total. The minimum absolute atomic E-state index is 0.508. The van der Waals surface area contributed by atoms with Crippen LogP contribution in [0.1, 0.15) is 19.2 Å². The molecule has 0 aliphatic rings. The van der Waals surface area contributed by atoms with Gasteiger partial charge in [0.05, 0.1) is 12.5 Å². The molecule has 5 heteroatoms. The van der Waals surface area contributed by atoms with E-state index < -0.39 is 0 Å². The van der Waals surface area contributed by atoms with Crippen LogP contribution in [0.3, 0.4) is 0 Å². The number of aromatic nitrogens is 2. The van der Waals surface area contributed by atoms with Gasteiger partial charge >= 0.3 is 0 Å². The van der Waals surface area contributed by atoms with Crippen molar-refractivity contribution in [3.05, 3.63) is 16.5 Å². The molecule has 0 amide bonds. The lowest BCUT2D eigenvalue weighted by molar-refractivity contribution is 0.800. The average molecular weight is 269 g/mol. The van der Waals surface area contributed by atoms with Crippen LogP contribution in [0.2, 0.25) is 0 Å². The lowest BCUT2D eigenvalue weighted by Gasteiger charge is -2.20. The Hall–Kier alpha value is -1.15. The van der Waals surface area contributed by atoms with Gasteiger partial charge in [-0.05, 0) is 29.8 Å². The monoisotopic (exact) mass is 268 g/mol. The van der Waals surface area contributed by atoms with E-state index in [1.54, 1.807) is 0 Å². The highest BCUT2D eigenvalue weighted by Gasteiger charge is 2.07. The average Bonchev–Trinajstić information content (AvgIpc) is 2.17. The van der Waals surface area contributed by atoms with Crippen LogP contribution in [-0.4, -0.2) is 23.1 Å². The summed E-state index contributed by atoms with van der Waals surface area (Å²) >= 11 is 3.34. The van der Waals surface area contributed by atoms with E-state index in [-0.39, 0.29) is 0 Å². The van der Waals surface area contributed by atoms with E-state index in [2.05, 4.69) is 36.9 Å². The van der Waals surface area contributed by atoms with E-state index in [1.807, 2.05) is 19.9 Å². The summed E-state index contributed by atoms with van der Waals surface area (Å²) in [6.07, 6.45) is 0.508. The topological polar surface area (TPSA) is 52.8 Å². The van der Waals surface area contributed by atoms with Gasteiger partial charge in [0.1, 0.15) is 16.2 Å². The minimum atomic E-state index is 0.508. The predicted octanol–water partition coefficient (Wildman–Crippen LogP) is 2.29. The molecule has 0 saturated carbocycles. The molecule has 1 heterocycles. The van der Waals surface area contributed by atoms with Crippen molar-refractivity contribution in [1.82, 2.24) is 9.97 Å². The van der Waals surface area contributed by atoms with Crippen LogP contribution in [0.5, 0.6) is 0 Å². The predicted molar refractivity (Wildman–Crippen MR) is 62.6 cm³/mol. The Balaban J connectivity index is 2.87. The number of hydrogen-bond donors (Lipinski definition) is 0. The van der Waals surface area contributed by atoms with Gasteiger partial charge in [-0.25, -0.2) is 9.97 Å². The van der Waals surface area contributed by atoms with Gasteiger partial charge in [0.15, 0.2) is 0 Å². The molecule has 0 aromatic carbocycles. The van der Waals surface area contributed by atoms with Crippen molar-refractivity contribution in [2.24, 2.45) is 0 Å². The fourth-order valence-electron chi connectivity index (χ4n) is 1.30. The molecule has 0 aliphatic carbocycles. The molecule has 0 saturated heterocycles. The van der Waals surface area contributed by atoms with E-state index in [0.29, 0.717) is 13.0 Å². The normalized spacial score (nSPS) is 9.73. The summed E-state index contributed by atoms with van der Waals surface area (Å²) in [5.41, 5.74) is 0. The summed E-state index contributed by atoms with van der Waals surface area (Å²) in [4.78, 5) is 10.5. The number of nitrogens with zero attached hydrogens (tertiary/aromatic N) is 4. The first-order valence-corrected chi connectivity index (χ1v) is 5.59. The zero-order chi connectivity index (χ0) is 11.3. The van der Waals surface area contributed by atoms with Crippen molar-refractivity contribution < 1.29 is 0 Å². The molecule has 0 radical (unpaired) electrons. The number of hydrogen-bond acceptors (Lipinski definition) is 4. The van der Waals surface area contributed by atoms with Gasteiger partial charge in [-0.15, -0.1) is 0 Å². The fraction of sp³-hybridized carbons (Fsp3) is 0.500. The quantitative estimate of drug-likeness (QED) is 0.787. The Kier molecular flexibility index (Phi) is 4.50. The second kappa shape index (κ2) is 5.66. The molecular formula is C10H13BrN4. The van der Waals surface area contributed by atoms with Crippen LogP contribution in [0.15, 0.2) is 10.7 Å². The Bertz CT molecular complexity index is 352. The molecule has 80 valence electrons. The maximum Gasteiger partial charge on any atom is 0.133 e. The first-order valence-electron chi connectivity index (χ1n) is 4.80. The molecular weight excluding hydrogens is 256 g/mol. The van der Waals surface area contributed by atoms with Gasteiger partial charge in [-0.1, -0.05) is 0 Å². The molecule has 0 spiro atoms. The lowest BCUT2D eigenvalue weighted by atomic mass is 10.4. The molecule has 0 unspecified atom stereocenters. The maximum atomic E-state index is 8.55. The van der Waals surface area contributed by atoms with Crippen LogP contribution in [0.4, 0.5) is 5.82 Å². The fourth-order valence-corrected chi connectivity index (χ4v) is 1.76. The van der Waals surface area contributed by atoms with Crippen molar-refractivity contribution in [3.63, 3.8) is 0 Å². The van der Waals surface area contributed by atoms with Crippen LogP contribution in [0.25, 0.3) is 0 Å². The van der Waals surface area contributed by atoms with E-state index >= 15 is 0 Å². The molecule has 1 rings (SSSR count). The molecule has 0 fully saturated rings. The number of nitriles is 1. The van der Waals surface area contributed by atoms with Crippen LogP contribution in [0, 0.1) is 18.3 Å². The summed E-state index contributed by atoms with van der Waals surface area (Å²) in [6.45, 7) is 5.44. The zero-order valence-electron chi connectivity index (χ0n) is 8.87. The van der Waals surface area contributed by atoms with Gasteiger partial charge in [-0.2, -0.15) is 5.26 Å². The first kappa shape index (κ1) is 11.9. The Morgan fingerprint density at radius 3 is 2.80 bits per heavy atom. The minimum Gasteiger partial charge on any atom is -0.356 e. The van der Waals surface area contributed by atoms with Crippen molar-refractivity contribution in [2.75, 3.05) is 18.0 Å². The summed E-state index contributed by atoms with van der Waals surface area (Å²) in [5, 5.41) is 8.55. The molecule has 1 aromatic heterocycles. The summed E-state index contributed by atoms with van der Waals surface area (Å²) in [6, 6.07) is 4.00.